The average molecular weight is 479 g/mol. The van der Waals surface area contributed by atoms with Gasteiger partial charge in [-0.3, -0.25) is 0 Å². The molecule has 5 nitrogen and oxygen atoms in total. The van der Waals surface area contributed by atoms with Gasteiger partial charge in [0.05, 0.1) is 13.7 Å². The van der Waals surface area contributed by atoms with Gasteiger partial charge >= 0.3 is 5.97 Å². The van der Waals surface area contributed by atoms with E-state index in [1.54, 1.807) is 13.2 Å². The highest BCUT2D eigenvalue weighted by atomic mass is 28.4. The SMILES string of the molecule is COc1cc(CO[Si](c2ccccc2)(c2ccccc2)C(C)(C)C)ccc1OC(C)(C)C(=O)O. The first-order valence-electron chi connectivity index (χ1n) is 11.4. The summed E-state index contributed by atoms with van der Waals surface area (Å²) >= 11 is 0. The summed E-state index contributed by atoms with van der Waals surface area (Å²) in [5.74, 6) is -0.199. The van der Waals surface area contributed by atoms with E-state index in [1.165, 1.54) is 24.2 Å². The Labute approximate surface area is 203 Å². The van der Waals surface area contributed by atoms with Crippen molar-refractivity contribution in [3.05, 3.63) is 84.4 Å². The molecule has 0 heterocycles. The Bertz CT molecular complexity index is 1070. The van der Waals surface area contributed by atoms with Gasteiger partial charge in [-0.2, -0.15) is 0 Å². The summed E-state index contributed by atoms with van der Waals surface area (Å²) < 4.78 is 18.2. The lowest BCUT2D eigenvalue weighted by molar-refractivity contribution is -0.152. The Morgan fingerprint density at radius 2 is 1.35 bits per heavy atom. The first-order valence-corrected chi connectivity index (χ1v) is 13.3. The molecule has 3 aromatic carbocycles. The minimum absolute atomic E-state index is 0.131. The Kier molecular flexibility index (Phi) is 7.53. The molecule has 34 heavy (non-hydrogen) atoms. The molecule has 6 heteroatoms. The molecule has 0 aromatic heterocycles. The topological polar surface area (TPSA) is 65.0 Å². The molecule has 3 aromatic rings. The van der Waals surface area contributed by atoms with E-state index in [0.29, 0.717) is 18.1 Å². The molecule has 0 spiro atoms. The van der Waals surface area contributed by atoms with Crippen LogP contribution in [0.1, 0.15) is 40.2 Å². The van der Waals surface area contributed by atoms with Crippen LogP contribution in [0.15, 0.2) is 78.9 Å². The Hall–Kier alpha value is -3.09. The molecular weight excluding hydrogens is 444 g/mol. The predicted molar refractivity (Wildman–Crippen MR) is 138 cm³/mol. The van der Waals surface area contributed by atoms with E-state index in [4.69, 9.17) is 13.9 Å². The second-order valence-corrected chi connectivity index (χ2v) is 14.2. The number of ether oxygens (including phenoxy) is 2. The van der Waals surface area contributed by atoms with Gasteiger partial charge in [0.2, 0.25) is 0 Å². The summed E-state index contributed by atoms with van der Waals surface area (Å²) in [6.07, 6.45) is 0. The third-order valence-electron chi connectivity index (χ3n) is 5.98. The van der Waals surface area contributed by atoms with Gasteiger partial charge in [0.1, 0.15) is 0 Å². The maximum absolute atomic E-state index is 11.5. The monoisotopic (exact) mass is 478 g/mol. The fourth-order valence-electron chi connectivity index (χ4n) is 4.16. The van der Waals surface area contributed by atoms with E-state index >= 15 is 0 Å². The molecular formula is C28H34O5Si. The number of rotatable bonds is 9. The van der Waals surface area contributed by atoms with Gasteiger partial charge in [0.25, 0.3) is 8.32 Å². The third-order valence-corrected chi connectivity index (χ3v) is 11.0. The van der Waals surface area contributed by atoms with E-state index in [0.717, 1.165) is 5.56 Å². The molecule has 1 N–H and O–H groups in total. The van der Waals surface area contributed by atoms with Crippen LogP contribution in [0.4, 0.5) is 0 Å². The number of aliphatic carboxylic acids is 1. The van der Waals surface area contributed by atoms with Crippen LogP contribution in [0.25, 0.3) is 0 Å². The molecule has 180 valence electrons. The highest BCUT2D eigenvalue weighted by Crippen LogP contribution is 2.38. The Morgan fingerprint density at radius 1 is 0.824 bits per heavy atom. The molecule has 0 amide bonds. The van der Waals surface area contributed by atoms with E-state index < -0.39 is 19.9 Å². The van der Waals surface area contributed by atoms with Crippen LogP contribution in [-0.2, 0) is 15.8 Å². The zero-order valence-corrected chi connectivity index (χ0v) is 21.8. The van der Waals surface area contributed by atoms with Crippen molar-refractivity contribution >= 4 is 24.7 Å². The first-order chi connectivity index (χ1) is 16.0. The summed E-state index contributed by atoms with van der Waals surface area (Å²) in [6, 6.07) is 26.5. The van der Waals surface area contributed by atoms with Crippen LogP contribution in [0.3, 0.4) is 0 Å². The fraction of sp³-hybridized carbons (Fsp3) is 0.321. The number of hydrogen-bond donors (Lipinski definition) is 1. The van der Waals surface area contributed by atoms with Crippen LogP contribution in [0.5, 0.6) is 11.5 Å². The molecule has 0 fully saturated rings. The van der Waals surface area contributed by atoms with Gasteiger partial charge in [-0.05, 0) is 47.0 Å². The smallest absolute Gasteiger partial charge is 0.347 e. The molecule has 0 unspecified atom stereocenters. The van der Waals surface area contributed by atoms with Gasteiger partial charge < -0.3 is 19.0 Å². The number of carboxylic acid groups (broad SMARTS) is 1. The second-order valence-electron chi connectivity index (χ2n) is 9.85. The van der Waals surface area contributed by atoms with Crippen molar-refractivity contribution in [3.8, 4) is 11.5 Å². The van der Waals surface area contributed by atoms with Gasteiger partial charge in [-0.1, -0.05) is 87.5 Å². The lowest BCUT2D eigenvalue weighted by Crippen LogP contribution is -2.66. The summed E-state index contributed by atoms with van der Waals surface area (Å²) in [7, 11) is -1.13. The van der Waals surface area contributed by atoms with Crippen molar-refractivity contribution < 1.29 is 23.8 Å². The van der Waals surface area contributed by atoms with Crippen LogP contribution in [0.2, 0.25) is 5.04 Å². The molecule has 3 rings (SSSR count). The highest BCUT2D eigenvalue weighted by molar-refractivity contribution is 6.99. The molecule has 0 atom stereocenters. The molecule has 0 aliphatic rings. The predicted octanol–water partition coefficient (Wildman–Crippen LogP) is 5.01. The largest absolute Gasteiger partial charge is 0.493 e. The van der Waals surface area contributed by atoms with Gasteiger partial charge in [0, 0.05) is 0 Å². The summed E-state index contributed by atoms with van der Waals surface area (Å²) in [5, 5.41) is 11.7. The Balaban J connectivity index is 2.00. The van der Waals surface area contributed by atoms with E-state index in [9.17, 15) is 9.90 Å². The maximum atomic E-state index is 11.5. The molecule has 0 aliphatic heterocycles. The number of hydrogen-bond acceptors (Lipinski definition) is 4. The van der Waals surface area contributed by atoms with Crippen LogP contribution >= 0.6 is 0 Å². The number of carboxylic acids is 1. The van der Waals surface area contributed by atoms with E-state index in [-0.39, 0.29) is 5.04 Å². The van der Waals surface area contributed by atoms with Gasteiger partial charge in [-0.15, -0.1) is 0 Å². The summed E-state index contributed by atoms with van der Waals surface area (Å²) in [5.41, 5.74) is -0.453. The standard InChI is InChI=1S/C28H34O5Si/c1-27(2,3)34(22-13-9-7-10-14-22,23-15-11-8-12-16-23)32-20-21-17-18-24(25(19-21)31-6)33-28(4,5)26(29)30/h7-19H,20H2,1-6H3,(H,29,30). The van der Waals surface area contributed by atoms with Crippen LogP contribution in [-0.4, -0.2) is 32.1 Å². The summed E-state index contributed by atoms with van der Waals surface area (Å²) in [4.78, 5) is 11.5. The molecule has 0 saturated carbocycles. The number of benzene rings is 3. The number of methoxy groups -OCH3 is 1. The van der Waals surface area contributed by atoms with Crippen molar-refractivity contribution in [2.75, 3.05) is 7.11 Å². The first kappa shape index (κ1) is 25.5. The third kappa shape index (κ3) is 5.18. The quantitative estimate of drug-likeness (QED) is 0.438. The minimum Gasteiger partial charge on any atom is -0.493 e. The zero-order chi connectivity index (χ0) is 25.0. The minimum atomic E-state index is -2.68. The lowest BCUT2D eigenvalue weighted by atomic mass is 10.1. The Morgan fingerprint density at radius 3 is 1.79 bits per heavy atom. The van der Waals surface area contributed by atoms with E-state index in [1.807, 2.05) is 24.3 Å². The van der Waals surface area contributed by atoms with Crippen LogP contribution < -0.4 is 19.8 Å². The van der Waals surface area contributed by atoms with E-state index in [2.05, 4.69) is 69.3 Å². The van der Waals surface area contributed by atoms with Crippen molar-refractivity contribution in [1.82, 2.24) is 0 Å². The number of carbonyl (C=O) groups is 1. The average Bonchev–Trinajstić information content (AvgIpc) is 2.80. The maximum Gasteiger partial charge on any atom is 0.347 e. The van der Waals surface area contributed by atoms with Crippen LogP contribution in [0, 0.1) is 0 Å². The van der Waals surface area contributed by atoms with Gasteiger partial charge in [-0.25, -0.2) is 4.79 Å². The fourth-order valence-corrected chi connectivity index (χ4v) is 8.70. The van der Waals surface area contributed by atoms with Crippen molar-refractivity contribution in [1.29, 1.82) is 0 Å². The highest BCUT2D eigenvalue weighted by Gasteiger charge is 2.50. The summed E-state index contributed by atoms with van der Waals surface area (Å²) in [6.45, 7) is 10.1. The molecule has 0 aliphatic carbocycles. The second kappa shape index (κ2) is 10.0. The van der Waals surface area contributed by atoms with Crippen molar-refractivity contribution in [2.45, 2.75) is 51.9 Å². The lowest BCUT2D eigenvalue weighted by Gasteiger charge is -2.43. The molecule has 0 radical (unpaired) electrons. The van der Waals surface area contributed by atoms with Crippen molar-refractivity contribution in [2.24, 2.45) is 0 Å². The zero-order valence-electron chi connectivity index (χ0n) is 20.8. The normalized spacial score (nSPS) is 12.3. The van der Waals surface area contributed by atoms with Gasteiger partial charge in [0.15, 0.2) is 17.1 Å². The van der Waals surface area contributed by atoms with Crippen molar-refractivity contribution in [3.63, 3.8) is 0 Å². The molecule has 0 bridgehead atoms. The molecule has 0 saturated heterocycles.